The van der Waals surface area contributed by atoms with Gasteiger partial charge < -0.3 is 20.9 Å². The SMILES string of the molecule is Cc1cccc(C(=O)NCc2nnc(SCC(=O)Nc3sc4c(c3C(N)=O)CCCC4)n2C)c1. The molecule has 34 heavy (non-hydrogen) atoms. The van der Waals surface area contributed by atoms with Gasteiger partial charge in [-0.15, -0.1) is 21.5 Å². The molecule has 0 saturated carbocycles. The first kappa shape index (κ1) is 24.0. The molecule has 1 aromatic carbocycles. The molecule has 0 bridgehead atoms. The summed E-state index contributed by atoms with van der Waals surface area (Å²) >= 11 is 2.67. The minimum absolute atomic E-state index is 0.0996. The van der Waals surface area contributed by atoms with Crippen LogP contribution in [0.25, 0.3) is 0 Å². The zero-order valence-corrected chi connectivity index (χ0v) is 20.6. The summed E-state index contributed by atoms with van der Waals surface area (Å²) in [5.74, 6) is -0.269. The maximum Gasteiger partial charge on any atom is 0.251 e. The number of nitrogens with one attached hydrogen (secondary N) is 2. The van der Waals surface area contributed by atoms with Crippen LogP contribution in [0.3, 0.4) is 0 Å². The molecule has 3 aromatic rings. The van der Waals surface area contributed by atoms with Crippen molar-refractivity contribution in [2.24, 2.45) is 12.8 Å². The Kier molecular flexibility index (Phi) is 7.32. The number of hydrogen-bond acceptors (Lipinski definition) is 7. The van der Waals surface area contributed by atoms with Gasteiger partial charge in [0.15, 0.2) is 11.0 Å². The van der Waals surface area contributed by atoms with E-state index in [0.29, 0.717) is 27.1 Å². The molecule has 0 unspecified atom stereocenters. The van der Waals surface area contributed by atoms with Crippen molar-refractivity contribution < 1.29 is 14.4 Å². The molecule has 0 atom stereocenters. The van der Waals surface area contributed by atoms with Crippen molar-refractivity contribution in [2.45, 2.75) is 44.3 Å². The molecule has 2 heterocycles. The predicted molar refractivity (Wildman–Crippen MR) is 132 cm³/mol. The quantitative estimate of drug-likeness (QED) is 0.409. The van der Waals surface area contributed by atoms with E-state index in [2.05, 4.69) is 20.8 Å². The van der Waals surface area contributed by atoms with E-state index in [4.69, 9.17) is 5.73 Å². The van der Waals surface area contributed by atoms with Gasteiger partial charge in [-0.25, -0.2) is 0 Å². The van der Waals surface area contributed by atoms with E-state index in [1.54, 1.807) is 17.7 Å². The Bertz CT molecular complexity index is 1250. The van der Waals surface area contributed by atoms with Crippen molar-refractivity contribution in [1.82, 2.24) is 20.1 Å². The Morgan fingerprint density at radius 2 is 2.00 bits per heavy atom. The van der Waals surface area contributed by atoms with Gasteiger partial charge >= 0.3 is 0 Å². The topological polar surface area (TPSA) is 132 Å². The van der Waals surface area contributed by atoms with Crippen molar-refractivity contribution in [1.29, 1.82) is 0 Å². The number of nitrogens with two attached hydrogens (primary N) is 1. The van der Waals surface area contributed by atoms with Gasteiger partial charge in [0, 0.05) is 17.5 Å². The first-order valence-corrected chi connectivity index (χ1v) is 12.7. The first-order chi connectivity index (χ1) is 16.3. The maximum atomic E-state index is 12.6. The fourth-order valence-corrected chi connectivity index (χ4v) is 5.92. The summed E-state index contributed by atoms with van der Waals surface area (Å²) in [4.78, 5) is 38.1. The standard InChI is InChI=1S/C23H26N6O3S2/c1-13-6-5-7-14(10-13)21(32)25-11-17-27-28-23(29(17)2)33-12-18(30)26-22-19(20(24)31)15-8-3-4-9-16(15)34-22/h5-7,10H,3-4,8-9,11-12H2,1-2H3,(H2,24,31)(H,25,32)(H,26,30). The highest BCUT2D eigenvalue weighted by Gasteiger charge is 2.25. The molecule has 0 aliphatic heterocycles. The zero-order valence-electron chi connectivity index (χ0n) is 19.0. The van der Waals surface area contributed by atoms with Gasteiger partial charge in [-0.3, -0.25) is 14.4 Å². The van der Waals surface area contributed by atoms with Crippen LogP contribution in [0, 0.1) is 6.92 Å². The highest BCUT2D eigenvalue weighted by atomic mass is 32.2. The van der Waals surface area contributed by atoms with Crippen LogP contribution < -0.4 is 16.4 Å². The summed E-state index contributed by atoms with van der Waals surface area (Å²) in [5, 5.41) is 15.0. The molecule has 1 aliphatic rings. The molecule has 9 nitrogen and oxygen atoms in total. The second-order valence-electron chi connectivity index (χ2n) is 8.13. The molecule has 3 amide bonds. The van der Waals surface area contributed by atoms with Gasteiger partial charge in [0.05, 0.1) is 17.9 Å². The van der Waals surface area contributed by atoms with Crippen molar-refractivity contribution in [3.8, 4) is 0 Å². The number of aromatic nitrogens is 3. The Balaban J connectivity index is 1.34. The van der Waals surface area contributed by atoms with E-state index in [9.17, 15) is 14.4 Å². The number of primary amides is 1. The van der Waals surface area contributed by atoms with Crippen LogP contribution in [-0.2, 0) is 31.2 Å². The third-order valence-electron chi connectivity index (χ3n) is 5.62. The van der Waals surface area contributed by atoms with Gasteiger partial charge in [-0.1, -0.05) is 29.5 Å². The van der Waals surface area contributed by atoms with Crippen LogP contribution in [-0.4, -0.2) is 38.2 Å². The van der Waals surface area contributed by atoms with Gasteiger partial charge in [-0.2, -0.15) is 0 Å². The number of benzene rings is 1. The van der Waals surface area contributed by atoms with Gasteiger partial charge in [-0.05, 0) is 50.3 Å². The Morgan fingerprint density at radius 1 is 1.21 bits per heavy atom. The molecule has 0 radical (unpaired) electrons. The number of fused-ring (bicyclic) bond motifs is 1. The van der Waals surface area contributed by atoms with Crippen LogP contribution >= 0.6 is 23.1 Å². The lowest BCUT2D eigenvalue weighted by Gasteiger charge is -2.11. The Labute approximate surface area is 205 Å². The van der Waals surface area contributed by atoms with Crippen molar-refractivity contribution >= 4 is 45.8 Å². The van der Waals surface area contributed by atoms with E-state index in [1.165, 1.54) is 23.1 Å². The zero-order chi connectivity index (χ0) is 24.2. The highest BCUT2D eigenvalue weighted by Crippen LogP contribution is 2.38. The van der Waals surface area contributed by atoms with Crippen molar-refractivity contribution in [3.63, 3.8) is 0 Å². The van der Waals surface area contributed by atoms with Crippen LogP contribution in [0.5, 0.6) is 0 Å². The molecular weight excluding hydrogens is 472 g/mol. The van der Waals surface area contributed by atoms with E-state index in [-0.39, 0.29) is 24.1 Å². The van der Waals surface area contributed by atoms with Gasteiger partial charge in [0.25, 0.3) is 11.8 Å². The van der Waals surface area contributed by atoms with Crippen LogP contribution in [0.1, 0.15) is 55.4 Å². The largest absolute Gasteiger partial charge is 0.365 e. The van der Waals surface area contributed by atoms with Crippen molar-refractivity contribution in [2.75, 3.05) is 11.1 Å². The average molecular weight is 499 g/mol. The summed E-state index contributed by atoms with van der Waals surface area (Å²) in [6, 6.07) is 7.34. The first-order valence-electron chi connectivity index (χ1n) is 10.9. The number of carbonyl (C=O) groups is 3. The fourth-order valence-electron chi connectivity index (χ4n) is 3.88. The number of thiophene rings is 1. The van der Waals surface area contributed by atoms with Crippen molar-refractivity contribution in [3.05, 3.63) is 57.2 Å². The van der Waals surface area contributed by atoms with E-state index < -0.39 is 5.91 Å². The lowest BCUT2D eigenvalue weighted by atomic mass is 9.95. The highest BCUT2D eigenvalue weighted by molar-refractivity contribution is 7.99. The number of aryl methyl sites for hydroxylation is 2. The molecule has 0 saturated heterocycles. The minimum Gasteiger partial charge on any atom is -0.365 e. The fraction of sp³-hybridized carbons (Fsp3) is 0.348. The molecular formula is C23H26N6O3S2. The summed E-state index contributed by atoms with van der Waals surface area (Å²) in [6.07, 6.45) is 3.83. The van der Waals surface area contributed by atoms with E-state index in [1.807, 2.05) is 25.1 Å². The molecule has 0 fully saturated rings. The maximum absolute atomic E-state index is 12.6. The number of rotatable bonds is 8. The second kappa shape index (κ2) is 10.4. The molecule has 11 heteroatoms. The molecule has 178 valence electrons. The van der Waals surface area contributed by atoms with Crippen LogP contribution in [0.2, 0.25) is 0 Å². The summed E-state index contributed by atoms with van der Waals surface area (Å²) in [7, 11) is 1.78. The second-order valence-corrected chi connectivity index (χ2v) is 10.2. The van der Waals surface area contributed by atoms with Gasteiger partial charge in [0.2, 0.25) is 5.91 Å². The molecule has 4 rings (SSSR count). The third kappa shape index (κ3) is 5.31. The average Bonchev–Trinajstić information content (AvgIpc) is 3.35. The summed E-state index contributed by atoms with van der Waals surface area (Å²) in [6.45, 7) is 2.15. The number of anilines is 1. The van der Waals surface area contributed by atoms with Gasteiger partial charge in [0.1, 0.15) is 5.00 Å². The number of hydrogen-bond donors (Lipinski definition) is 3. The van der Waals surface area contributed by atoms with Crippen LogP contribution in [0.4, 0.5) is 5.00 Å². The summed E-state index contributed by atoms with van der Waals surface area (Å²) in [5.41, 5.74) is 8.62. The molecule has 1 aliphatic carbocycles. The smallest absolute Gasteiger partial charge is 0.251 e. The monoisotopic (exact) mass is 498 g/mol. The Morgan fingerprint density at radius 3 is 2.76 bits per heavy atom. The normalized spacial score (nSPS) is 12.8. The Hall–Kier alpha value is -3.18. The van der Waals surface area contributed by atoms with E-state index in [0.717, 1.165) is 41.7 Å². The minimum atomic E-state index is -0.506. The third-order valence-corrected chi connectivity index (χ3v) is 7.84. The molecule has 4 N–H and O–H groups in total. The van der Waals surface area contributed by atoms with Crippen LogP contribution in [0.15, 0.2) is 29.4 Å². The number of thioether (sulfide) groups is 1. The molecule has 0 spiro atoms. The summed E-state index contributed by atoms with van der Waals surface area (Å²) < 4.78 is 1.74. The van der Waals surface area contributed by atoms with E-state index >= 15 is 0 Å². The number of amides is 3. The number of nitrogens with zero attached hydrogens (tertiary/aromatic N) is 3. The lowest BCUT2D eigenvalue weighted by molar-refractivity contribution is -0.113. The number of carbonyl (C=O) groups excluding carboxylic acids is 3. The molecule has 2 aromatic heterocycles. The lowest BCUT2D eigenvalue weighted by Crippen LogP contribution is -2.24. The predicted octanol–water partition coefficient (Wildman–Crippen LogP) is 2.82.